The van der Waals surface area contributed by atoms with E-state index in [1.54, 1.807) is 0 Å². The third kappa shape index (κ3) is 8.76. The molecule has 0 saturated heterocycles. The fourth-order valence-corrected chi connectivity index (χ4v) is 0.827. The van der Waals surface area contributed by atoms with E-state index in [-0.39, 0.29) is 0 Å². The van der Waals surface area contributed by atoms with Crippen molar-refractivity contribution >= 4 is 21.9 Å². The van der Waals surface area contributed by atoms with E-state index < -0.39 is 35.0 Å². The van der Waals surface area contributed by atoms with Gasteiger partial charge in [0, 0.05) is 0 Å². The van der Waals surface area contributed by atoms with Gasteiger partial charge in [0.05, 0.1) is 12.8 Å². The molecule has 0 aromatic carbocycles. The molecule has 8 heteroatoms. The lowest BCUT2D eigenvalue weighted by atomic mass is 10.5. The van der Waals surface area contributed by atoms with Gasteiger partial charge in [0.2, 0.25) is 15.9 Å². The third-order valence-electron chi connectivity index (χ3n) is 0.932. The quantitative estimate of drug-likeness (QED) is 0.474. The van der Waals surface area contributed by atoms with Crippen LogP contribution in [0.1, 0.15) is 0 Å². The number of sulfonamides is 1. The lowest BCUT2D eigenvalue weighted by Crippen LogP contribution is -2.38. The predicted molar refractivity (Wildman–Crippen MR) is 43.5 cm³/mol. The van der Waals surface area contributed by atoms with Crippen LogP contribution in [0, 0.1) is 0 Å². The van der Waals surface area contributed by atoms with E-state index in [4.69, 9.17) is 5.11 Å². The van der Waals surface area contributed by atoms with Crippen LogP contribution in [0.2, 0.25) is 0 Å². The van der Waals surface area contributed by atoms with Crippen molar-refractivity contribution in [2.24, 2.45) is 0 Å². The van der Waals surface area contributed by atoms with Gasteiger partial charge in [-0.3, -0.25) is 9.59 Å². The van der Waals surface area contributed by atoms with Gasteiger partial charge in [0.1, 0.15) is 6.54 Å². The molecule has 0 aliphatic carbocycles. The first-order valence-electron chi connectivity index (χ1n) is 3.24. The topological polar surface area (TPSA) is 113 Å². The van der Waals surface area contributed by atoms with Crippen molar-refractivity contribution in [3.8, 4) is 0 Å². The van der Waals surface area contributed by atoms with Gasteiger partial charge < -0.3 is 10.4 Å². The van der Waals surface area contributed by atoms with E-state index in [9.17, 15) is 18.0 Å². The highest BCUT2D eigenvalue weighted by Gasteiger charge is 2.06. The summed E-state index contributed by atoms with van der Waals surface area (Å²) in [5.74, 6) is -1.87. The lowest BCUT2D eigenvalue weighted by Gasteiger charge is -2.02. The summed E-state index contributed by atoms with van der Waals surface area (Å²) in [6.45, 7) is -0.976. The summed E-state index contributed by atoms with van der Waals surface area (Å²) in [6, 6.07) is 0. The minimum absolute atomic E-state index is 0.452. The number of carbonyl (C=O) groups is 2. The molecule has 7 nitrogen and oxygen atoms in total. The number of hydrogen-bond donors (Lipinski definition) is 3. The fourth-order valence-electron chi connectivity index (χ4n) is 0.433. The maximum absolute atomic E-state index is 10.7. The minimum Gasteiger partial charge on any atom is -0.480 e. The third-order valence-corrected chi connectivity index (χ3v) is 1.60. The first-order chi connectivity index (χ1) is 5.81. The predicted octanol–water partition coefficient (Wildman–Crippen LogP) is -2.26. The van der Waals surface area contributed by atoms with Crippen LogP contribution >= 0.6 is 0 Å². The fraction of sp³-hybridized carbons (Fsp3) is 0.600. The number of carboxylic acid groups (broad SMARTS) is 1. The van der Waals surface area contributed by atoms with E-state index in [1.807, 2.05) is 10.0 Å². The van der Waals surface area contributed by atoms with Crippen molar-refractivity contribution in [1.29, 1.82) is 0 Å². The second-order valence-electron chi connectivity index (χ2n) is 2.26. The Hall–Kier alpha value is -1.15. The SMILES string of the molecule is CS(=O)(=O)NCC(=O)NCC(=O)O. The number of nitrogens with one attached hydrogen (secondary N) is 2. The number of carbonyl (C=O) groups excluding carboxylic acids is 1. The van der Waals surface area contributed by atoms with Crippen LogP contribution in [0.25, 0.3) is 0 Å². The average molecular weight is 210 g/mol. The van der Waals surface area contributed by atoms with E-state index in [0.29, 0.717) is 0 Å². The van der Waals surface area contributed by atoms with Crippen LogP contribution in [-0.2, 0) is 19.6 Å². The van der Waals surface area contributed by atoms with Crippen LogP contribution < -0.4 is 10.0 Å². The highest BCUT2D eigenvalue weighted by atomic mass is 32.2. The maximum Gasteiger partial charge on any atom is 0.322 e. The molecule has 0 unspecified atom stereocenters. The Labute approximate surface area is 75.2 Å². The van der Waals surface area contributed by atoms with Crippen molar-refractivity contribution in [1.82, 2.24) is 10.0 Å². The number of hydrogen-bond acceptors (Lipinski definition) is 4. The smallest absolute Gasteiger partial charge is 0.322 e. The van der Waals surface area contributed by atoms with Gasteiger partial charge in [-0.15, -0.1) is 0 Å². The Morgan fingerprint density at radius 1 is 1.31 bits per heavy atom. The van der Waals surface area contributed by atoms with E-state index >= 15 is 0 Å². The summed E-state index contributed by atoms with van der Waals surface area (Å²) in [5.41, 5.74) is 0. The first kappa shape index (κ1) is 11.8. The van der Waals surface area contributed by atoms with Gasteiger partial charge in [0.15, 0.2) is 0 Å². The normalized spacial score (nSPS) is 10.8. The Kier molecular flexibility index (Phi) is 4.35. The van der Waals surface area contributed by atoms with Gasteiger partial charge in [0.25, 0.3) is 0 Å². The molecule has 13 heavy (non-hydrogen) atoms. The monoisotopic (exact) mass is 210 g/mol. The first-order valence-corrected chi connectivity index (χ1v) is 5.13. The highest BCUT2D eigenvalue weighted by molar-refractivity contribution is 7.88. The van der Waals surface area contributed by atoms with Crippen LogP contribution in [-0.4, -0.2) is 44.7 Å². The molecule has 0 rings (SSSR count). The van der Waals surface area contributed by atoms with Crippen LogP contribution in [0.15, 0.2) is 0 Å². The molecule has 1 amide bonds. The molecule has 3 N–H and O–H groups in total. The summed E-state index contributed by atoms with van der Waals surface area (Å²) in [5, 5.41) is 10.1. The molecular formula is C5H10N2O5S. The summed E-state index contributed by atoms with van der Waals surface area (Å²) in [6.07, 6.45) is 0.900. The molecule has 0 aliphatic heterocycles. The molecule has 0 aliphatic rings. The molecule has 0 aromatic rings. The summed E-state index contributed by atoms with van der Waals surface area (Å²) >= 11 is 0. The molecule has 0 radical (unpaired) electrons. The largest absolute Gasteiger partial charge is 0.480 e. The van der Waals surface area contributed by atoms with E-state index in [2.05, 4.69) is 0 Å². The van der Waals surface area contributed by atoms with E-state index in [1.165, 1.54) is 0 Å². The zero-order valence-corrected chi connectivity index (χ0v) is 7.72. The Morgan fingerprint density at radius 3 is 2.23 bits per heavy atom. The number of rotatable bonds is 5. The Morgan fingerprint density at radius 2 is 1.85 bits per heavy atom. The van der Waals surface area contributed by atoms with Gasteiger partial charge in [-0.2, -0.15) is 0 Å². The molecule has 0 bridgehead atoms. The number of carboxylic acids is 1. The zero-order chi connectivity index (χ0) is 10.5. The van der Waals surface area contributed by atoms with Crippen molar-refractivity contribution in [2.75, 3.05) is 19.3 Å². The number of amides is 1. The van der Waals surface area contributed by atoms with Crippen LogP contribution in [0.5, 0.6) is 0 Å². The highest BCUT2D eigenvalue weighted by Crippen LogP contribution is 1.72. The molecule has 0 heterocycles. The molecule has 0 aromatic heterocycles. The van der Waals surface area contributed by atoms with Crippen molar-refractivity contribution in [3.63, 3.8) is 0 Å². The second kappa shape index (κ2) is 4.77. The van der Waals surface area contributed by atoms with Gasteiger partial charge >= 0.3 is 5.97 Å². The van der Waals surface area contributed by atoms with Gasteiger partial charge in [-0.05, 0) is 0 Å². The van der Waals surface area contributed by atoms with Crippen molar-refractivity contribution in [3.05, 3.63) is 0 Å². The molecule has 0 saturated carbocycles. The zero-order valence-electron chi connectivity index (χ0n) is 6.90. The maximum atomic E-state index is 10.7. The summed E-state index contributed by atoms with van der Waals surface area (Å²) < 4.78 is 22.8. The average Bonchev–Trinajstić information content (AvgIpc) is 1.95. The molecule has 0 spiro atoms. The minimum atomic E-state index is -3.42. The lowest BCUT2D eigenvalue weighted by molar-refractivity contribution is -0.137. The Bertz CT molecular complexity index is 296. The molecule has 76 valence electrons. The summed E-state index contributed by atoms with van der Waals surface area (Å²) in [7, 11) is -3.42. The van der Waals surface area contributed by atoms with Crippen LogP contribution in [0.4, 0.5) is 0 Å². The van der Waals surface area contributed by atoms with Crippen LogP contribution in [0.3, 0.4) is 0 Å². The molecular weight excluding hydrogens is 200 g/mol. The molecule has 0 atom stereocenters. The summed E-state index contributed by atoms with van der Waals surface area (Å²) in [4.78, 5) is 20.6. The number of aliphatic carboxylic acids is 1. The van der Waals surface area contributed by atoms with Crippen molar-refractivity contribution in [2.45, 2.75) is 0 Å². The Balaban J connectivity index is 3.71. The van der Waals surface area contributed by atoms with Crippen molar-refractivity contribution < 1.29 is 23.1 Å². The molecule has 0 fully saturated rings. The standard InChI is InChI=1S/C5H10N2O5S/c1-13(11,12)7-2-4(8)6-3-5(9)10/h7H,2-3H2,1H3,(H,6,8)(H,9,10). The van der Waals surface area contributed by atoms with E-state index in [0.717, 1.165) is 6.26 Å². The van der Waals surface area contributed by atoms with Gasteiger partial charge in [-0.25, -0.2) is 13.1 Å². The second-order valence-corrected chi connectivity index (χ2v) is 4.10. The van der Waals surface area contributed by atoms with Gasteiger partial charge in [-0.1, -0.05) is 0 Å².